The van der Waals surface area contributed by atoms with E-state index in [-0.39, 0.29) is 17.3 Å². The Morgan fingerprint density at radius 3 is 2.67 bits per heavy atom. The van der Waals surface area contributed by atoms with Crippen LogP contribution in [0.3, 0.4) is 0 Å². The molecular formula is C35H38F2N4O5. The second-order valence-corrected chi connectivity index (χ2v) is 13.6. The van der Waals surface area contributed by atoms with Crippen molar-refractivity contribution in [2.24, 2.45) is 5.41 Å². The summed E-state index contributed by atoms with van der Waals surface area (Å²) >= 11 is 0. The van der Waals surface area contributed by atoms with Crippen LogP contribution in [0.4, 0.5) is 14.5 Å². The molecule has 1 fully saturated rings. The van der Waals surface area contributed by atoms with Gasteiger partial charge in [-0.25, -0.2) is 13.6 Å². The number of carbonyl (C=O) groups excluding carboxylic acids is 3. The lowest BCUT2D eigenvalue weighted by molar-refractivity contribution is -0.137. The van der Waals surface area contributed by atoms with Gasteiger partial charge in [0.25, 0.3) is 11.8 Å². The number of nitrogens with zero attached hydrogens (tertiary/aromatic N) is 2. The van der Waals surface area contributed by atoms with E-state index in [1.807, 2.05) is 13.8 Å². The quantitative estimate of drug-likeness (QED) is 0.254. The van der Waals surface area contributed by atoms with Crippen LogP contribution < -0.4 is 16.3 Å². The minimum atomic E-state index is -3.26. The summed E-state index contributed by atoms with van der Waals surface area (Å²) in [5.74, 6) is -4.99. The number of amides is 2. The highest BCUT2D eigenvalue weighted by Crippen LogP contribution is 2.48. The fourth-order valence-electron chi connectivity index (χ4n) is 7.10. The molecule has 1 aliphatic heterocycles. The highest BCUT2D eigenvalue weighted by Gasteiger charge is 2.50. The summed E-state index contributed by atoms with van der Waals surface area (Å²) in [6, 6.07) is 6.09. The maximum atomic E-state index is 14.6. The second-order valence-electron chi connectivity index (χ2n) is 13.6. The van der Waals surface area contributed by atoms with Crippen LogP contribution in [0.5, 0.6) is 0 Å². The summed E-state index contributed by atoms with van der Waals surface area (Å²) < 4.78 is 34.8. The molecule has 4 atom stereocenters. The highest BCUT2D eigenvalue weighted by molar-refractivity contribution is 5.99. The fourth-order valence-corrected chi connectivity index (χ4v) is 7.10. The molecule has 2 N–H and O–H groups in total. The number of rotatable bonds is 8. The summed E-state index contributed by atoms with van der Waals surface area (Å²) in [6.07, 6.45) is 7.58. The number of Topliss-reactive ketones (excluding diaryl/α,β-unsaturated/α-hetero) is 1. The third-order valence-corrected chi connectivity index (χ3v) is 9.49. The minimum absolute atomic E-state index is 0.0115. The lowest BCUT2D eigenvalue weighted by Gasteiger charge is -2.41. The number of carbonyl (C=O) groups is 3. The van der Waals surface area contributed by atoms with E-state index in [4.69, 9.17) is 4.42 Å². The number of fused-ring (bicyclic) bond motifs is 5. The number of hydrogen-bond donors (Lipinski definition) is 2. The number of hydrogen-bond acceptors (Lipinski definition) is 7. The number of anilines is 1. The normalized spacial score (nSPS) is 23.7. The molecule has 3 aromatic rings. The van der Waals surface area contributed by atoms with Crippen molar-refractivity contribution in [3.8, 4) is 0 Å². The van der Waals surface area contributed by atoms with Gasteiger partial charge in [-0.2, -0.15) is 0 Å². The Labute approximate surface area is 265 Å². The molecule has 2 bridgehead atoms. The smallest absolute Gasteiger partial charge is 0.339 e. The number of ketones is 1. The third kappa shape index (κ3) is 6.07. The Bertz CT molecular complexity index is 1820. The first-order valence-electron chi connectivity index (χ1n) is 15.7. The van der Waals surface area contributed by atoms with Gasteiger partial charge in [0.05, 0.1) is 30.9 Å². The molecule has 1 saturated heterocycles. The van der Waals surface area contributed by atoms with E-state index >= 15 is 0 Å². The summed E-state index contributed by atoms with van der Waals surface area (Å²) in [4.78, 5) is 57.8. The van der Waals surface area contributed by atoms with Crippen LogP contribution in [-0.2, 0) is 16.0 Å². The molecule has 0 spiro atoms. The lowest BCUT2D eigenvalue weighted by Crippen LogP contribution is -2.49. The number of benzene rings is 1. The first-order valence-corrected chi connectivity index (χ1v) is 15.7. The molecule has 2 aromatic heterocycles. The van der Waals surface area contributed by atoms with Crippen molar-refractivity contribution in [3.63, 3.8) is 0 Å². The van der Waals surface area contributed by atoms with Gasteiger partial charge in [0.2, 0.25) is 5.91 Å². The van der Waals surface area contributed by atoms with Crippen LogP contribution in [0.2, 0.25) is 0 Å². The predicted molar refractivity (Wildman–Crippen MR) is 169 cm³/mol. The van der Waals surface area contributed by atoms with Crippen LogP contribution >= 0.6 is 0 Å². The summed E-state index contributed by atoms with van der Waals surface area (Å²) in [5.41, 5.74) is 3.02. The van der Waals surface area contributed by atoms with Gasteiger partial charge in [-0.3, -0.25) is 19.4 Å². The minimum Gasteiger partial charge on any atom is -0.422 e. The number of alkyl halides is 2. The van der Waals surface area contributed by atoms with Gasteiger partial charge < -0.3 is 20.0 Å². The van der Waals surface area contributed by atoms with Gasteiger partial charge in [-0.1, -0.05) is 32.9 Å². The van der Waals surface area contributed by atoms with E-state index in [1.54, 1.807) is 36.5 Å². The molecule has 242 valence electrons. The monoisotopic (exact) mass is 632 g/mol. The van der Waals surface area contributed by atoms with Crippen LogP contribution in [0, 0.1) is 5.41 Å². The summed E-state index contributed by atoms with van der Waals surface area (Å²) in [5, 5.41) is 6.32. The number of aromatic nitrogens is 1. The van der Waals surface area contributed by atoms with E-state index in [0.717, 1.165) is 29.0 Å². The van der Waals surface area contributed by atoms with Crippen molar-refractivity contribution in [2.45, 2.75) is 83.2 Å². The van der Waals surface area contributed by atoms with Crippen molar-refractivity contribution in [2.75, 3.05) is 18.4 Å². The molecule has 2 unspecified atom stereocenters. The number of nitrogens with one attached hydrogen (secondary N) is 2. The van der Waals surface area contributed by atoms with Crippen molar-refractivity contribution in [1.82, 2.24) is 15.2 Å². The molecule has 11 heteroatoms. The van der Waals surface area contributed by atoms with Gasteiger partial charge >= 0.3 is 5.63 Å². The number of pyridine rings is 1. The summed E-state index contributed by atoms with van der Waals surface area (Å²) in [6.45, 7) is 6.06. The Balaban J connectivity index is 1.14. The van der Waals surface area contributed by atoms with E-state index in [1.165, 1.54) is 6.92 Å². The molecule has 0 saturated carbocycles. The van der Waals surface area contributed by atoms with Crippen LogP contribution in [0.15, 0.2) is 57.9 Å². The number of allylic oxidation sites excluding steroid dienone is 2. The Morgan fingerprint density at radius 2 is 1.91 bits per heavy atom. The molecule has 3 aliphatic rings. The molecule has 1 aromatic carbocycles. The maximum Gasteiger partial charge on any atom is 0.339 e. The zero-order valence-electron chi connectivity index (χ0n) is 26.4. The van der Waals surface area contributed by atoms with Crippen molar-refractivity contribution in [3.05, 3.63) is 81.5 Å². The second kappa shape index (κ2) is 11.7. The van der Waals surface area contributed by atoms with E-state index in [9.17, 15) is 28.0 Å². The van der Waals surface area contributed by atoms with Gasteiger partial charge in [-0.05, 0) is 67.3 Å². The van der Waals surface area contributed by atoms with Gasteiger partial charge in [-0.15, -0.1) is 0 Å². The molecule has 9 nitrogen and oxygen atoms in total. The highest BCUT2D eigenvalue weighted by atomic mass is 19.3. The third-order valence-electron chi connectivity index (χ3n) is 9.49. The van der Waals surface area contributed by atoms with Gasteiger partial charge in [0, 0.05) is 46.8 Å². The predicted octanol–water partition coefficient (Wildman–Crippen LogP) is 5.34. The zero-order valence-corrected chi connectivity index (χ0v) is 26.4. The number of halogens is 2. The molecule has 0 radical (unpaired) electrons. The van der Waals surface area contributed by atoms with Gasteiger partial charge in [0.15, 0.2) is 5.78 Å². The van der Waals surface area contributed by atoms with E-state index < -0.39 is 60.7 Å². The average Bonchev–Trinajstić information content (AvgIpc) is 3.33. The SMILES string of the molecule is CC(C)c1cc2ccc(N[C@@H](C)C(=O)C3CC(F)(F)CN3C(=O)CNC(=O)c3ccnc4c3C[C@]3(C)CC=CC4C3)cc2oc1=O. The molecular weight excluding hydrogens is 594 g/mol. The molecule has 2 aliphatic carbocycles. The topological polar surface area (TPSA) is 122 Å². The van der Waals surface area contributed by atoms with E-state index in [2.05, 4.69) is 34.7 Å². The lowest BCUT2D eigenvalue weighted by atomic mass is 9.64. The van der Waals surface area contributed by atoms with Gasteiger partial charge in [0.1, 0.15) is 5.58 Å². The Kier molecular flexibility index (Phi) is 8.06. The maximum absolute atomic E-state index is 14.6. The molecule has 3 heterocycles. The average molecular weight is 633 g/mol. The summed E-state index contributed by atoms with van der Waals surface area (Å²) in [7, 11) is 0. The number of likely N-dealkylation sites (tertiary alicyclic amines) is 1. The Hall–Kier alpha value is -4.41. The van der Waals surface area contributed by atoms with Crippen LogP contribution in [0.1, 0.15) is 86.0 Å². The first kappa shape index (κ1) is 31.6. The molecule has 2 amide bonds. The van der Waals surface area contributed by atoms with E-state index in [0.29, 0.717) is 34.2 Å². The molecule has 46 heavy (non-hydrogen) atoms. The van der Waals surface area contributed by atoms with Crippen LogP contribution in [-0.4, -0.2) is 58.6 Å². The standard InChI is InChI=1S/C35H38F2N4O5/c1-19(2)25-12-21-7-8-23(13-28(21)46-33(25)45)40-20(3)31(43)27-16-35(36,37)18-41(27)29(42)17-39-32(44)24-9-11-38-30-22-6-5-10-34(4,14-22)15-26(24)30/h5-9,11-13,19-20,22,27,40H,10,14-18H2,1-4H3,(H,39,44)/t20-,22?,27?,34+/m0/s1. The Morgan fingerprint density at radius 1 is 1.13 bits per heavy atom. The first-order chi connectivity index (χ1) is 21.7. The van der Waals surface area contributed by atoms with Crippen molar-refractivity contribution >= 4 is 34.3 Å². The van der Waals surface area contributed by atoms with Crippen molar-refractivity contribution in [1.29, 1.82) is 0 Å². The fraction of sp³-hybridized carbons (Fsp3) is 0.457. The molecule has 6 rings (SSSR count). The zero-order chi connectivity index (χ0) is 33.0. The van der Waals surface area contributed by atoms with Crippen molar-refractivity contribution < 1.29 is 27.6 Å². The van der Waals surface area contributed by atoms with Crippen LogP contribution in [0.25, 0.3) is 11.0 Å². The largest absolute Gasteiger partial charge is 0.422 e.